The van der Waals surface area contributed by atoms with Crippen LogP contribution in [0.4, 0.5) is 5.69 Å². The summed E-state index contributed by atoms with van der Waals surface area (Å²) in [7, 11) is 1.68. The molecule has 0 saturated carbocycles. The van der Waals surface area contributed by atoms with Gasteiger partial charge >= 0.3 is 5.69 Å². The van der Waals surface area contributed by atoms with Gasteiger partial charge in [-0.05, 0) is 17.7 Å². The lowest BCUT2D eigenvalue weighted by molar-refractivity contribution is -0.111. The highest BCUT2D eigenvalue weighted by molar-refractivity contribution is 5.99. The summed E-state index contributed by atoms with van der Waals surface area (Å²) in [5.74, 6) is -0.320. The fraction of sp³-hybridized carbons (Fsp3) is 0.118. The summed E-state index contributed by atoms with van der Waals surface area (Å²) in [6, 6.07) is 11.5. The number of anilines is 1. The maximum Gasteiger partial charge on any atom is 0.330 e. The minimum Gasteiger partial charge on any atom is -0.321 e. The minimum atomic E-state index is -0.320. The molecule has 1 amide bonds. The Morgan fingerprint density at radius 1 is 1.35 bits per heavy atom. The summed E-state index contributed by atoms with van der Waals surface area (Å²) in [6.45, 7) is 3.86. The van der Waals surface area contributed by atoms with Gasteiger partial charge in [0.2, 0.25) is 5.91 Å². The Kier molecular flexibility index (Phi) is 3.80. The van der Waals surface area contributed by atoms with Gasteiger partial charge in [0.05, 0.1) is 23.9 Å². The van der Waals surface area contributed by atoms with E-state index in [1.54, 1.807) is 17.7 Å². The molecule has 0 radical (unpaired) electrons. The molecule has 1 N–H and O–H groups in total. The molecule has 2 aromatic heterocycles. The number of hydrogen-bond acceptors (Lipinski definition) is 3. The average molecular weight is 308 g/mol. The second kappa shape index (κ2) is 5.92. The Bertz CT molecular complexity index is 938. The number of pyridine rings is 1. The molecule has 0 saturated heterocycles. The van der Waals surface area contributed by atoms with Crippen molar-refractivity contribution in [1.82, 2.24) is 14.1 Å². The van der Waals surface area contributed by atoms with Crippen LogP contribution in [0, 0.1) is 0 Å². The SMILES string of the molecule is C=CC(=O)Nc1cnc2c(c1)n(Cc1ccccc1)c(=O)n2C. The van der Waals surface area contributed by atoms with E-state index in [9.17, 15) is 9.59 Å². The highest BCUT2D eigenvalue weighted by Gasteiger charge is 2.13. The summed E-state index contributed by atoms with van der Waals surface area (Å²) >= 11 is 0. The summed E-state index contributed by atoms with van der Waals surface area (Å²) in [6.07, 6.45) is 2.71. The highest BCUT2D eigenvalue weighted by atomic mass is 16.2. The molecule has 0 spiro atoms. The molecule has 0 aliphatic heterocycles. The van der Waals surface area contributed by atoms with Crippen LogP contribution in [-0.4, -0.2) is 20.0 Å². The molecule has 0 unspecified atom stereocenters. The topological polar surface area (TPSA) is 68.9 Å². The molecule has 3 rings (SSSR count). The molecule has 6 nitrogen and oxygen atoms in total. The quantitative estimate of drug-likeness (QED) is 0.749. The first kappa shape index (κ1) is 14.8. The standard InChI is InChI=1S/C17H16N4O2/c1-3-15(22)19-13-9-14-16(18-10-13)20(2)17(23)21(14)11-12-7-5-4-6-8-12/h3-10H,1,11H2,2H3,(H,19,22). The van der Waals surface area contributed by atoms with Crippen LogP contribution in [0.25, 0.3) is 11.2 Å². The maximum atomic E-state index is 12.5. The second-order valence-electron chi connectivity index (χ2n) is 5.17. The van der Waals surface area contributed by atoms with Gasteiger partial charge in [-0.15, -0.1) is 0 Å². The van der Waals surface area contributed by atoms with Crippen LogP contribution in [0.2, 0.25) is 0 Å². The van der Waals surface area contributed by atoms with E-state index in [1.807, 2.05) is 30.3 Å². The third-order valence-corrected chi connectivity index (χ3v) is 3.61. The minimum absolute atomic E-state index is 0.149. The predicted molar refractivity (Wildman–Crippen MR) is 89.3 cm³/mol. The smallest absolute Gasteiger partial charge is 0.321 e. The van der Waals surface area contributed by atoms with Gasteiger partial charge in [0.25, 0.3) is 0 Å². The number of fused-ring (bicyclic) bond motifs is 1. The number of aromatic nitrogens is 3. The number of carbonyl (C=O) groups excluding carboxylic acids is 1. The van der Waals surface area contributed by atoms with Gasteiger partial charge in [-0.2, -0.15) is 0 Å². The van der Waals surface area contributed by atoms with Crippen molar-refractivity contribution in [2.45, 2.75) is 6.54 Å². The van der Waals surface area contributed by atoms with E-state index in [0.29, 0.717) is 23.4 Å². The van der Waals surface area contributed by atoms with Gasteiger partial charge in [0, 0.05) is 7.05 Å². The second-order valence-corrected chi connectivity index (χ2v) is 5.17. The summed E-state index contributed by atoms with van der Waals surface area (Å²) in [4.78, 5) is 28.2. The van der Waals surface area contributed by atoms with Crippen LogP contribution in [0.3, 0.4) is 0 Å². The number of hydrogen-bond donors (Lipinski definition) is 1. The monoisotopic (exact) mass is 308 g/mol. The van der Waals surface area contributed by atoms with E-state index in [0.717, 1.165) is 5.56 Å². The molecular weight excluding hydrogens is 292 g/mol. The fourth-order valence-corrected chi connectivity index (χ4v) is 2.46. The zero-order valence-corrected chi connectivity index (χ0v) is 12.7. The zero-order valence-electron chi connectivity index (χ0n) is 12.7. The zero-order chi connectivity index (χ0) is 16.4. The number of benzene rings is 1. The highest BCUT2D eigenvalue weighted by Crippen LogP contribution is 2.16. The lowest BCUT2D eigenvalue weighted by Crippen LogP contribution is -2.22. The Morgan fingerprint density at radius 2 is 2.09 bits per heavy atom. The molecule has 0 fully saturated rings. The summed E-state index contributed by atoms with van der Waals surface area (Å²) < 4.78 is 3.14. The van der Waals surface area contributed by atoms with Crippen LogP contribution < -0.4 is 11.0 Å². The summed E-state index contributed by atoms with van der Waals surface area (Å²) in [5.41, 5.74) is 2.63. The molecule has 0 aliphatic carbocycles. The molecule has 6 heteroatoms. The van der Waals surface area contributed by atoms with E-state index >= 15 is 0 Å². The Hall–Kier alpha value is -3.15. The Morgan fingerprint density at radius 3 is 2.78 bits per heavy atom. The third kappa shape index (κ3) is 2.78. The van der Waals surface area contributed by atoms with Crippen molar-refractivity contribution in [3.8, 4) is 0 Å². The molecule has 0 bridgehead atoms. The van der Waals surface area contributed by atoms with Gasteiger partial charge in [0.15, 0.2) is 5.65 Å². The average Bonchev–Trinajstić information content (AvgIpc) is 2.80. The first-order valence-electron chi connectivity index (χ1n) is 7.13. The normalized spacial score (nSPS) is 10.7. The predicted octanol–water partition coefficient (Wildman–Crippen LogP) is 1.91. The molecular formula is C17H16N4O2. The van der Waals surface area contributed by atoms with Crippen molar-refractivity contribution >= 4 is 22.8 Å². The van der Waals surface area contributed by atoms with E-state index in [2.05, 4.69) is 16.9 Å². The van der Waals surface area contributed by atoms with Gasteiger partial charge in [-0.3, -0.25) is 13.9 Å². The largest absolute Gasteiger partial charge is 0.330 e. The number of rotatable bonds is 4. The molecule has 0 aliphatic rings. The number of nitrogens with zero attached hydrogens (tertiary/aromatic N) is 3. The van der Waals surface area contributed by atoms with E-state index in [1.165, 1.54) is 16.8 Å². The number of nitrogens with one attached hydrogen (secondary N) is 1. The first-order valence-corrected chi connectivity index (χ1v) is 7.13. The lowest BCUT2D eigenvalue weighted by Gasteiger charge is -2.05. The van der Waals surface area contributed by atoms with Crippen LogP contribution in [0.15, 0.2) is 60.0 Å². The maximum absolute atomic E-state index is 12.5. The molecule has 1 aromatic carbocycles. The van der Waals surface area contributed by atoms with Crippen molar-refractivity contribution in [2.24, 2.45) is 7.05 Å². The summed E-state index contributed by atoms with van der Waals surface area (Å²) in [5, 5.41) is 2.66. The third-order valence-electron chi connectivity index (χ3n) is 3.61. The van der Waals surface area contributed by atoms with Gasteiger partial charge in [-0.25, -0.2) is 9.78 Å². The van der Waals surface area contributed by atoms with Crippen LogP contribution in [-0.2, 0) is 18.4 Å². The number of carbonyl (C=O) groups is 1. The van der Waals surface area contributed by atoms with Crippen molar-refractivity contribution in [2.75, 3.05) is 5.32 Å². The van der Waals surface area contributed by atoms with Crippen LogP contribution >= 0.6 is 0 Å². The molecule has 0 atom stereocenters. The van der Waals surface area contributed by atoms with Crippen molar-refractivity contribution < 1.29 is 4.79 Å². The van der Waals surface area contributed by atoms with Gasteiger partial charge in [0.1, 0.15) is 0 Å². The number of aryl methyl sites for hydroxylation is 1. The van der Waals surface area contributed by atoms with Gasteiger partial charge < -0.3 is 5.32 Å². The fourth-order valence-electron chi connectivity index (χ4n) is 2.46. The van der Waals surface area contributed by atoms with Gasteiger partial charge in [-0.1, -0.05) is 36.9 Å². The molecule has 3 aromatic rings. The molecule has 23 heavy (non-hydrogen) atoms. The van der Waals surface area contributed by atoms with E-state index in [4.69, 9.17) is 0 Å². The lowest BCUT2D eigenvalue weighted by atomic mass is 10.2. The van der Waals surface area contributed by atoms with E-state index in [-0.39, 0.29) is 11.6 Å². The molecule has 116 valence electrons. The number of imidazole rings is 1. The van der Waals surface area contributed by atoms with Crippen LogP contribution in [0.5, 0.6) is 0 Å². The molecule has 2 heterocycles. The Balaban J connectivity index is 2.10. The Labute approximate surface area is 132 Å². The van der Waals surface area contributed by atoms with Crippen molar-refractivity contribution in [3.05, 3.63) is 71.3 Å². The van der Waals surface area contributed by atoms with Crippen molar-refractivity contribution in [1.29, 1.82) is 0 Å². The van der Waals surface area contributed by atoms with Crippen LogP contribution in [0.1, 0.15) is 5.56 Å². The number of amides is 1. The van der Waals surface area contributed by atoms with Crippen molar-refractivity contribution in [3.63, 3.8) is 0 Å². The van der Waals surface area contributed by atoms with E-state index < -0.39 is 0 Å². The first-order chi connectivity index (χ1) is 11.1.